The van der Waals surface area contributed by atoms with Gasteiger partial charge in [-0.3, -0.25) is 0 Å². The summed E-state index contributed by atoms with van der Waals surface area (Å²) < 4.78 is 29.5. The minimum Gasteiger partial charge on any atom is -0.358 e. The molecule has 0 aliphatic carbocycles. The van der Waals surface area contributed by atoms with E-state index in [-0.39, 0.29) is 10.8 Å². The average Bonchev–Trinajstić information content (AvgIpc) is 2.47. The molecular weight excluding hydrogens is 322 g/mol. The number of aromatic nitrogens is 1. The van der Waals surface area contributed by atoms with Crippen LogP contribution < -0.4 is 4.18 Å². The van der Waals surface area contributed by atoms with Gasteiger partial charge in [0.2, 0.25) is 5.88 Å². The van der Waals surface area contributed by atoms with Gasteiger partial charge in [-0.05, 0) is 43.3 Å². The molecule has 0 bridgehead atoms. The minimum absolute atomic E-state index is 0.0235. The third kappa shape index (κ3) is 3.05. The maximum Gasteiger partial charge on any atom is 0.340 e. The number of fused-ring (bicyclic) bond motifs is 1. The summed E-state index contributed by atoms with van der Waals surface area (Å²) in [7, 11) is -3.90. The highest BCUT2D eigenvalue weighted by molar-refractivity contribution is 7.87. The second kappa shape index (κ2) is 5.59. The fraction of sp³-hybridized carbons (Fsp3) is 0.0625. The molecule has 0 amide bonds. The Kier molecular flexibility index (Phi) is 3.76. The van der Waals surface area contributed by atoms with Crippen molar-refractivity contribution in [3.63, 3.8) is 0 Å². The first kappa shape index (κ1) is 14.8. The Bertz CT molecular complexity index is 937. The SMILES string of the molecule is Cc1ccc(S(=O)(=O)Oc2ccc3cc(Cl)ccc3n2)cc1. The summed E-state index contributed by atoms with van der Waals surface area (Å²) in [5, 5.41) is 1.41. The number of hydrogen-bond acceptors (Lipinski definition) is 4. The highest BCUT2D eigenvalue weighted by atomic mass is 35.5. The number of pyridine rings is 1. The zero-order valence-corrected chi connectivity index (χ0v) is 13.2. The Morgan fingerprint density at radius 1 is 1.00 bits per heavy atom. The second-order valence-corrected chi connectivity index (χ2v) is 6.82. The van der Waals surface area contributed by atoms with Crippen LogP contribution >= 0.6 is 11.6 Å². The van der Waals surface area contributed by atoms with E-state index in [1.54, 1.807) is 36.4 Å². The van der Waals surface area contributed by atoms with Crippen LogP contribution in [0.25, 0.3) is 10.9 Å². The van der Waals surface area contributed by atoms with Gasteiger partial charge in [-0.25, -0.2) is 4.98 Å². The summed E-state index contributed by atoms with van der Waals surface area (Å²) in [6, 6.07) is 14.8. The van der Waals surface area contributed by atoms with Crippen LogP contribution in [0, 0.1) is 6.92 Å². The van der Waals surface area contributed by atoms with Gasteiger partial charge in [0.15, 0.2) is 0 Å². The predicted molar refractivity (Wildman–Crippen MR) is 85.7 cm³/mol. The summed E-state index contributed by atoms with van der Waals surface area (Å²) in [6.45, 7) is 1.88. The molecule has 22 heavy (non-hydrogen) atoms. The van der Waals surface area contributed by atoms with Crippen LogP contribution in [0.5, 0.6) is 5.88 Å². The Morgan fingerprint density at radius 2 is 1.73 bits per heavy atom. The highest BCUT2D eigenvalue weighted by Gasteiger charge is 2.17. The molecule has 0 unspecified atom stereocenters. The lowest BCUT2D eigenvalue weighted by Crippen LogP contribution is -2.10. The van der Waals surface area contributed by atoms with Crippen LogP contribution in [-0.4, -0.2) is 13.4 Å². The number of nitrogens with zero attached hydrogens (tertiary/aromatic N) is 1. The molecule has 1 aromatic heterocycles. The maximum absolute atomic E-state index is 12.2. The quantitative estimate of drug-likeness (QED) is 0.681. The standard InChI is InChI=1S/C16H12ClNO3S/c1-11-2-6-14(7-3-11)22(19,20)21-16-9-4-12-10-13(17)5-8-15(12)18-16/h2-10H,1H3. The maximum atomic E-state index is 12.2. The molecule has 0 aliphatic rings. The molecule has 112 valence electrons. The lowest BCUT2D eigenvalue weighted by atomic mass is 10.2. The van der Waals surface area contributed by atoms with Gasteiger partial charge in [-0.2, -0.15) is 8.42 Å². The van der Waals surface area contributed by atoms with E-state index in [4.69, 9.17) is 15.8 Å². The first-order chi connectivity index (χ1) is 10.4. The van der Waals surface area contributed by atoms with Gasteiger partial charge in [0.1, 0.15) is 4.90 Å². The highest BCUT2D eigenvalue weighted by Crippen LogP contribution is 2.23. The van der Waals surface area contributed by atoms with Crippen LogP contribution in [-0.2, 0) is 10.1 Å². The van der Waals surface area contributed by atoms with E-state index in [1.807, 2.05) is 6.92 Å². The third-order valence-electron chi connectivity index (χ3n) is 3.13. The molecule has 0 N–H and O–H groups in total. The summed E-state index contributed by atoms with van der Waals surface area (Å²) in [4.78, 5) is 4.28. The topological polar surface area (TPSA) is 56.3 Å². The van der Waals surface area contributed by atoms with E-state index >= 15 is 0 Å². The van der Waals surface area contributed by atoms with E-state index in [1.165, 1.54) is 18.2 Å². The Hall–Kier alpha value is -2.11. The normalized spacial score (nSPS) is 11.5. The molecule has 0 saturated heterocycles. The van der Waals surface area contributed by atoms with Crippen molar-refractivity contribution in [3.8, 4) is 5.88 Å². The second-order valence-electron chi connectivity index (χ2n) is 4.84. The molecule has 0 spiro atoms. The molecule has 1 heterocycles. The van der Waals surface area contributed by atoms with Crippen LogP contribution in [0.4, 0.5) is 0 Å². The Balaban J connectivity index is 1.95. The van der Waals surface area contributed by atoms with Gasteiger partial charge >= 0.3 is 10.1 Å². The van der Waals surface area contributed by atoms with Crippen molar-refractivity contribution >= 4 is 32.6 Å². The zero-order valence-electron chi connectivity index (χ0n) is 11.7. The van der Waals surface area contributed by atoms with Gasteiger partial charge in [0.25, 0.3) is 0 Å². The van der Waals surface area contributed by atoms with E-state index < -0.39 is 10.1 Å². The molecule has 0 fully saturated rings. The van der Waals surface area contributed by atoms with Crippen molar-refractivity contribution in [2.45, 2.75) is 11.8 Å². The van der Waals surface area contributed by atoms with Crippen LogP contribution in [0.15, 0.2) is 59.5 Å². The van der Waals surface area contributed by atoms with Crippen molar-refractivity contribution in [2.24, 2.45) is 0 Å². The smallest absolute Gasteiger partial charge is 0.340 e. The molecule has 0 atom stereocenters. The van der Waals surface area contributed by atoms with E-state index in [0.29, 0.717) is 10.5 Å². The molecular formula is C16H12ClNO3S. The molecule has 0 saturated carbocycles. The molecule has 4 nitrogen and oxygen atoms in total. The van der Waals surface area contributed by atoms with Gasteiger partial charge < -0.3 is 4.18 Å². The molecule has 6 heteroatoms. The first-order valence-corrected chi connectivity index (χ1v) is 8.30. The van der Waals surface area contributed by atoms with Gasteiger partial charge in [-0.15, -0.1) is 0 Å². The summed E-state index contributed by atoms with van der Waals surface area (Å²) in [5.74, 6) is 0.0235. The Morgan fingerprint density at radius 3 is 2.45 bits per heavy atom. The van der Waals surface area contributed by atoms with Crippen LogP contribution in [0.1, 0.15) is 5.56 Å². The predicted octanol–water partition coefficient (Wildman–Crippen LogP) is 3.96. The average molecular weight is 334 g/mol. The van der Waals surface area contributed by atoms with Crippen molar-refractivity contribution in [3.05, 3.63) is 65.2 Å². The first-order valence-electron chi connectivity index (χ1n) is 6.51. The van der Waals surface area contributed by atoms with Crippen molar-refractivity contribution < 1.29 is 12.6 Å². The van der Waals surface area contributed by atoms with Crippen LogP contribution in [0.3, 0.4) is 0 Å². The largest absolute Gasteiger partial charge is 0.358 e. The fourth-order valence-corrected chi connectivity index (χ4v) is 3.05. The van der Waals surface area contributed by atoms with Crippen molar-refractivity contribution in [2.75, 3.05) is 0 Å². The van der Waals surface area contributed by atoms with E-state index in [9.17, 15) is 8.42 Å². The summed E-state index contributed by atoms with van der Waals surface area (Å²) in [5.41, 5.74) is 1.58. The van der Waals surface area contributed by atoms with E-state index in [2.05, 4.69) is 4.98 Å². The van der Waals surface area contributed by atoms with Gasteiger partial charge in [-0.1, -0.05) is 29.3 Å². The van der Waals surface area contributed by atoms with Crippen LogP contribution in [0.2, 0.25) is 5.02 Å². The third-order valence-corrected chi connectivity index (χ3v) is 4.61. The van der Waals surface area contributed by atoms with Crippen molar-refractivity contribution in [1.82, 2.24) is 4.98 Å². The van der Waals surface area contributed by atoms with Gasteiger partial charge in [0, 0.05) is 16.5 Å². The number of aryl methyl sites for hydroxylation is 1. The fourth-order valence-electron chi connectivity index (χ4n) is 1.99. The zero-order chi connectivity index (χ0) is 15.7. The molecule has 2 aromatic carbocycles. The lowest BCUT2D eigenvalue weighted by Gasteiger charge is -2.07. The van der Waals surface area contributed by atoms with Gasteiger partial charge in [0.05, 0.1) is 5.52 Å². The van der Waals surface area contributed by atoms with Crippen molar-refractivity contribution in [1.29, 1.82) is 0 Å². The molecule has 3 rings (SSSR count). The number of benzene rings is 2. The Labute approximate surface area is 133 Å². The number of halogens is 1. The summed E-state index contributed by atoms with van der Waals surface area (Å²) >= 11 is 5.90. The molecule has 0 aliphatic heterocycles. The monoisotopic (exact) mass is 333 g/mol. The number of hydrogen-bond donors (Lipinski definition) is 0. The lowest BCUT2D eigenvalue weighted by molar-refractivity contribution is 0.477. The number of rotatable bonds is 3. The summed E-state index contributed by atoms with van der Waals surface area (Å²) in [6.07, 6.45) is 0. The van der Waals surface area contributed by atoms with E-state index in [0.717, 1.165) is 10.9 Å². The molecule has 0 radical (unpaired) electrons. The minimum atomic E-state index is -3.90. The molecule has 3 aromatic rings.